The Morgan fingerprint density at radius 3 is 2.39 bits per heavy atom. The number of nitrogens with zero attached hydrogens (tertiary/aromatic N) is 3. The van der Waals surface area contributed by atoms with Crippen LogP contribution in [0.2, 0.25) is 0 Å². The number of ether oxygens (including phenoxy) is 2. The Kier molecular flexibility index (Phi) is 17.1. The molecular weight excluding hydrogens is 721 g/mol. The third-order valence-electron chi connectivity index (χ3n) is 8.54. The van der Waals surface area contributed by atoms with Gasteiger partial charge in [-0.2, -0.15) is 8.42 Å². The van der Waals surface area contributed by atoms with Crippen LogP contribution >= 0.6 is 11.8 Å². The third kappa shape index (κ3) is 14.6. The molecule has 4 aromatic rings. The molecule has 0 radical (unpaired) electrons. The predicted octanol–water partition coefficient (Wildman–Crippen LogP) is 9.23. The van der Waals surface area contributed by atoms with Crippen LogP contribution in [0.1, 0.15) is 71.1 Å². The molecule has 0 fully saturated rings. The summed E-state index contributed by atoms with van der Waals surface area (Å²) in [5, 5.41) is 3.17. The quantitative estimate of drug-likeness (QED) is 0.0614. The first-order valence-corrected chi connectivity index (χ1v) is 21.6. The zero-order valence-corrected chi connectivity index (χ0v) is 33.9. The van der Waals surface area contributed by atoms with Gasteiger partial charge in [0.15, 0.2) is 0 Å². The molecule has 0 spiro atoms. The van der Waals surface area contributed by atoms with Crippen molar-refractivity contribution < 1.29 is 27.2 Å². The van der Waals surface area contributed by atoms with E-state index in [1.165, 1.54) is 11.4 Å². The van der Waals surface area contributed by atoms with Crippen molar-refractivity contribution in [3.8, 4) is 16.9 Å². The van der Waals surface area contributed by atoms with Crippen LogP contribution in [0, 0.1) is 5.92 Å². The van der Waals surface area contributed by atoms with E-state index in [4.69, 9.17) is 14.0 Å². The van der Waals surface area contributed by atoms with E-state index >= 15 is 0 Å². The van der Waals surface area contributed by atoms with Gasteiger partial charge in [0.2, 0.25) is 0 Å². The molecule has 1 amide bonds. The maximum absolute atomic E-state index is 13.7. The molecular formula is C42H56N4O6S2. The number of carbonyl (C=O) groups is 1. The van der Waals surface area contributed by atoms with Gasteiger partial charge in [-0.3, -0.25) is 9.35 Å². The van der Waals surface area contributed by atoms with E-state index in [0.29, 0.717) is 25.4 Å². The molecule has 2 heterocycles. The van der Waals surface area contributed by atoms with Crippen LogP contribution in [0.4, 0.5) is 11.4 Å². The lowest BCUT2D eigenvalue weighted by molar-refractivity contribution is -0.112. The second kappa shape index (κ2) is 21.7. The minimum atomic E-state index is -3.67. The Labute approximate surface area is 326 Å². The van der Waals surface area contributed by atoms with E-state index in [1.54, 1.807) is 11.8 Å². The van der Waals surface area contributed by atoms with Crippen molar-refractivity contribution in [2.75, 3.05) is 49.4 Å². The van der Waals surface area contributed by atoms with Gasteiger partial charge in [0, 0.05) is 65.7 Å². The Hall–Kier alpha value is -4.10. The van der Waals surface area contributed by atoms with Gasteiger partial charge in [0.05, 0.1) is 19.2 Å². The predicted molar refractivity (Wildman–Crippen MR) is 222 cm³/mol. The zero-order valence-electron chi connectivity index (χ0n) is 32.3. The van der Waals surface area contributed by atoms with Crippen LogP contribution in [-0.4, -0.2) is 67.6 Å². The first kappa shape index (κ1) is 42.6. The van der Waals surface area contributed by atoms with Crippen LogP contribution in [0.3, 0.4) is 0 Å². The molecule has 1 aliphatic rings. The van der Waals surface area contributed by atoms with E-state index in [-0.39, 0.29) is 5.91 Å². The lowest BCUT2D eigenvalue weighted by atomic mass is 9.96. The molecule has 2 N–H and O–H groups in total. The smallest absolute Gasteiger partial charge is 0.261 e. The average molecular weight is 777 g/mol. The molecule has 0 aliphatic carbocycles. The summed E-state index contributed by atoms with van der Waals surface area (Å²) >= 11 is 1.78. The van der Waals surface area contributed by atoms with Crippen molar-refractivity contribution in [1.82, 2.24) is 9.55 Å². The second-order valence-corrected chi connectivity index (χ2v) is 16.3. The molecule has 3 aromatic carbocycles. The van der Waals surface area contributed by atoms with Crippen molar-refractivity contribution >= 4 is 45.2 Å². The highest BCUT2D eigenvalue weighted by atomic mass is 32.2. The van der Waals surface area contributed by atoms with Crippen molar-refractivity contribution in [3.63, 3.8) is 0 Å². The number of hydrogen-bond acceptors (Lipinski definition) is 8. The summed E-state index contributed by atoms with van der Waals surface area (Å²) in [6, 6.07) is 23.0. The topological polar surface area (TPSA) is 123 Å². The molecule has 0 bridgehead atoms. The molecule has 1 aliphatic heterocycles. The molecule has 0 saturated heterocycles. The highest BCUT2D eigenvalue weighted by Gasteiger charge is 2.19. The molecule has 292 valence electrons. The minimum Gasteiger partial charge on any atom is -0.491 e. The fraction of sp³-hybridized carbons (Fsp3) is 0.429. The second-order valence-electron chi connectivity index (χ2n) is 13.8. The van der Waals surface area contributed by atoms with Crippen LogP contribution in [0.5, 0.6) is 5.75 Å². The van der Waals surface area contributed by atoms with Gasteiger partial charge in [-0.1, -0.05) is 52.3 Å². The normalized spacial score (nSPS) is 13.9. The van der Waals surface area contributed by atoms with E-state index in [9.17, 15) is 13.2 Å². The van der Waals surface area contributed by atoms with Crippen molar-refractivity contribution in [2.24, 2.45) is 5.92 Å². The maximum Gasteiger partial charge on any atom is 0.261 e. The molecule has 5 rings (SSSR count). The van der Waals surface area contributed by atoms with Gasteiger partial charge in [0.1, 0.15) is 12.4 Å². The summed E-state index contributed by atoms with van der Waals surface area (Å²) in [7, 11) is -3.67. The lowest BCUT2D eigenvalue weighted by Crippen LogP contribution is -2.30. The number of imidazole rings is 1. The summed E-state index contributed by atoms with van der Waals surface area (Å²) in [4.78, 5) is 21.6. The number of unbranched alkanes of at least 4 members (excludes halogenated alkanes) is 1. The van der Waals surface area contributed by atoms with Gasteiger partial charge >= 0.3 is 0 Å². The van der Waals surface area contributed by atoms with E-state index in [1.807, 2.05) is 36.8 Å². The Balaban J connectivity index is 0.00000122. The fourth-order valence-corrected chi connectivity index (χ4v) is 6.90. The Morgan fingerprint density at radius 2 is 1.70 bits per heavy atom. The summed E-state index contributed by atoms with van der Waals surface area (Å²) in [6.07, 6.45) is 11.6. The third-order valence-corrected chi connectivity index (χ3v) is 9.58. The van der Waals surface area contributed by atoms with Crippen LogP contribution in [0.15, 0.2) is 89.7 Å². The van der Waals surface area contributed by atoms with Gasteiger partial charge < -0.3 is 24.3 Å². The van der Waals surface area contributed by atoms with Crippen LogP contribution in [0.25, 0.3) is 17.2 Å². The van der Waals surface area contributed by atoms with E-state index in [0.717, 1.165) is 103 Å². The molecule has 1 aromatic heterocycles. The molecule has 54 heavy (non-hydrogen) atoms. The number of fused-ring (bicyclic) bond motifs is 1. The van der Waals surface area contributed by atoms with Gasteiger partial charge in [-0.15, -0.1) is 11.8 Å². The van der Waals surface area contributed by atoms with E-state index < -0.39 is 10.1 Å². The number of rotatable bonds is 17. The average Bonchev–Trinajstić information content (AvgIpc) is 3.57. The lowest BCUT2D eigenvalue weighted by Gasteiger charge is -2.30. The number of anilines is 2. The maximum atomic E-state index is 13.7. The van der Waals surface area contributed by atoms with Crippen molar-refractivity contribution in [3.05, 3.63) is 96.1 Å². The number of carbonyl (C=O) groups excluding carboxylic acids is 1. The van der Waals surface area contributed by atoms with E-state index in [2.05, 4.69) is 96.0 Å². The summed E-state index contributed by atoms with van der Waals surface area (Å²) < 4.78 is 39.6. The number of hydrogen-bond donors (Lipinski definition) is 2. The molecule has 0 saturated carbocycles. The summed E-state index contributed by atoms with van der Waals surface area (Å²) in [5.41, 5.74) is 7.29. The highest BCUT2D eigenvalue weighted by molar-refractivity contribution is 7.98. The monoisotopic (exact) mass is 776 g/mol. The van der Waals surface area contributed by atoms with Crippen LogP contribution < -0.4 is 15.0 Å². The summed E-state index contributed by atoms with van der Waals surface area (Å²) in [5.74, 6) is 2.18. The first-order chi connectivity index (χ1) is 25.9. The highest BCUT2D eigenvalue weighted by Crippen LogP contribution is 2.33. The Morgan fingerprint density at radius 1 is 0.981 bits per heavy atom. The Bertz CT molecular complexity index is 1880. The SMILES string of the molecule is CCCCOCCOc1ccc(-c2ccc3c(c2)/C=C(/C(=O)Nc2ccc(SCc4cncn4CCC)cc2)CCCN3CC(C)C)cc1.CS(=O)(=O)O. The van der Waals surface area contributed by atoms with Gasteiger partial charge in [-0.25, -0.2) is 4.98 Å². The zero-order chi connectivity index (χ0) is 38.9. The molecule has 12 heteroatoms. The standard InChI is InChI=1S/C41H52N4O3S.CH4O3S/c1-5-7-22-47-23-24-48-38-15-10-32(11-16-38)33-12-19-40-35(25-33)26-34(9-8-21-44(40)28-31(3)4)41(46)43-36-13-17-39(18-14-36)49-29-37-27-42-30-45(37)20-6-2;1-5(2,3)4/h10-19,25-27,30-31H,5-9,20-24,28-29H2,1-4H3,(H,43,46);1H3,(H,2,3,4)/b34-26+;. The minimum absolute atomic E-state index is 0.0438. The number of thioether (sulfide) groups is 1. The fourth-order valence-electron chi connectivity index (χ4n) is 6.01. The van der Waals surface area contributed by atoms with Gasteiger partial charge in [-0.05, 0) is 103 Å². The number of aromatic nitrogens is 2. The number of amides is 1. The number of nitrogens with one attached hydrogen (secondary N) is 1. The molecule has 0 atom stereocenters. The van der Waals surface area contributed by atoms with Gasteiger partial charge in [0.25, 0.3) is 16.0 Å². The molecule has 0 unspecified atom stereocenters. The first-order valence-electron chi connectivity index (χ1n) is 18.8. The summed E-state index contributed by atoms with van der Waals surface area (Å²) in [6.45, 7) is 13.6. The number of aryl methyl sites for hydroxylation is 1. The van der Waals surface area contributed by atoms with Crippen molar-refractivity contribution in [1.29, 1.82) is 0 Å². The van der Waals surface area contributed by atoms with Crippen LogP contribution in [-0.2, 0) is 31.9 Å². The molecule has 10 nitrogen and oxygen atoms in total. The van der Waals surface area contributed by atoms with Crippen molar-refractivity contribution in [2.45, 2.75) is 77.0 Å². The number of benzene rings is 3. The largest absolute Gasteiger partial charge is 0.491 e.